The van der Waals surface area contributed by atoms with Gasteiger partial charge in [-0.05, 0) is 37.8 Å². The van der Waals surface area contributed by atoms with E-state index in [0.717, 1.165) is 47.1 Å². The monoisotopic (exact) mass is 369 g/mol. The van der Waals surface area contributed by atoms with Gasteiger partial charge < -0.3 is 14.8 Å². The minimum Gasteiger partial charge on any atom is -0.486 e. The van der Waals surface area contributed by atoms with Crippen LogP contribution in [0, 0.1) is 0 Å². The van der Waals surface area contributed by atoms with Crippen LogP contribution in [0.15, 0.2) is 29.1 Å². The number of ether oxygens (including phenoxy) is 2. The molecule has 134 valence electrons. The minimum absolute atomic E-state index is 0.0216. The summed E-state index contributed by atoms with van der Waals surface area (Å²) in [6.07, 6.45) is 4.39. The van der Waals surface area contributed by atoms with Crippen molar-refractivity contribution in [1.82, 2.24) is 9.38 Å². The van der Waals surface area contributed by atoms with E-state index in [2.05, 4.69) is 5.32 Å². The van der Waals surface area contributed by atoms with Crippen molar-refractivity contribution in [3.63, 3.8) is 0 Å². The van der Waals surface area contributed by atoms with E-state index < -0.39 is 0 Å². The standard InChI is InChI=1S/C19H19N3O3S/c23-18-10-13(21-19-22(18)14-3-1-2-4-17(14)26-19)11-20-12-5-6-15-16(9-12)25-8-7-24-15/h5-6,9-10,20H,1-4,7-8,11H2. The molecule has 0 saturated heterocycles. The average molecular weight is 369 g/mol. The Labute approximate surface area is 154 Å². The van der Waals surface area contributed by atoms with E-state index in [4.69, 9.17) is 14.5 Å². The number of nitrogens with one attached hydrogen (secondary N) is 1. The van der Waals surface area contributed by atoms with Gasteiger partial charge in [0.25, 0.3) is 5.56 Å². The highest BCUT2D eigenvalue weighted by Crippen LogP contribution is 2.33. The normalized spacial score (nSPS) is 15.7. The van der Waals surface area contributed by atoms with Crippen LogP contribution in [0.2, 0.25) is 0 Å². The van der Waals surface area contributed by atoms with Crippen LogP contribution in [0.1, 0.15) is 29.1 Å². The number of hydrogen-bond donors (Lipinski definition) is 1. The number of rotatable bonds is 3. The Morgan fingerprint density at radius 3 is 2.88 bits per heavy atom. The number of anilines is 1. The molecule has 2 aliphatic rings. The summed E-state index contributed by atoms with van der Waals surface area (Å²) in [5.41, 5.74) is 2.86. The van der Waals surface area contributed by atoms with Gasteiger partial charge in [0.15, 0.2) is 16.5 Å². The maximum Gasteiger partial charge on any atom is 0.259 e. The first-order valence-corrected chi connectivity index (χ1v) is 9.76. The molecule has 1 aliphatic carbocycles. The first kappa shape index (κ1) is 15.7. The average Bonchev–Trinajstić information content (AvgIpc) is 3.05. The molecule has 0 saturated carbocycles. The largest absolute Gasteiger partial charge is 0.486 e. The van der Waals surface area contributed by atoms with Crippen LogP contribution in [0.4, 0.5) is 5.69 Å². The molecule has 0 unspecified atom stereocenters. The van der Waals surface area contributed by atoms with Gasteiger partial charge in [-0.25, -0.2) is 4.98 Å². The molecule has 6 nitrogen and oxygen atoms in total. The number of aryl methyl sites for hydroxylation is 2. The van der Waals surface area contributed by atoms with Crippen molar-refractivity contribution < 1.29 is 9.47 Å². The van der Waals surface area contributed by atoms with E-state index in [1.54, 1.807) is 21.8 Å². The molecule has 1 aliphatic heterocycles. The van der Waals surface area contributed by atoms with Gasteiger partial charge in [-0.2, -0.15) is 0 Å². The van der Waals surface area contributed by atoms with Crippen LogP contribution in [-0.2, 0) is 19.4 Å². The number of benzene rings is 1. The molecule has 0 atom stereocenters. The topological polar surface area (TPSA) is 64.9 Å². The lowest BCUT2D eigenvalue weighted by Crippen LogP contribution is -2.19. The molecule has 5 rings (SSSR count). The van der Waals surface area contributed by atoms with Crippen molar-refractivity contribution >= 4 is 22.0 Å². The van der Waals surface area contributed by atoms with Crippen molar-refractivity contribution in [2.24, 2.45) is 0 Å². The van der Waals surface area contributed by atoms with Gasteiger partial charge in [0.1, 0.15) is 13.2 Å². The fraction of sp³-hybridized carbons (Fsp3) is 0.368. The van der Waals surface area contributed by atoms with E-state index in [0.29, 0.717) is 19.8 Å². The van der Waals surface area contributed by atoms with Crippen LogP contribution in [0.25, 0.3) is 4.96 Å². The van der Waals surface area contributed by atoms with E-state index >= 15 is 0 Å². The third-order valence-electron chi connectivity index (χ3n) is 4.83. The molecule has 3 heterocycles. The SMILES string of the molecule is O=c1cc(CNc2ccc3c(c2)OCCO3)nc2sc3c(n12)CCCC3. The first-order chi connectivity index (χ1) is 12.8. The maximum absolute atomic E-state index is 12.6. The number of thiazole rings is 1. The zero-order valence-electron chi connectivity index (χ0n) is 14.3. The van der Waals surface area contributed by atoms with E-state index in [-0.39, 0.29) is 5.56 Å². The van der Waals surface area contributed by atoms with Crippen LogP contribution >= 0.6 is 11.3 Å². The Balaban J connectivity index is 1.40. The summed E-state index contributed by atoms with van der Waals surface area (Å²) in [6, 6.07) is 7.40. The van der Waals surface area contributed by atoms with E-state index in [1.165, 1.54) is 17.0 Å². The lowest BCUT2D eigenvalue weighted by molar-refractivity contribution is 0.171. The Bertz CT molecular complexity index is 1040. The number of aromatic nitrogens is 2. The summed E-state index contributed by atoms with van der Waals surface area (Å²) in [5, 5.41) is 3.32. The van der Waals surface area contributed by atoms with E-state index in [1.807, 2.05) is 18.2 Å². The summed E-state index contributed by atoms with van der Waals surface area (Å²) in [6.45, 7) is 1.64. The highest BCUT2D eigenvalue weighted by atomic mass is 32.1. The van der Waals surface area contributed by atoms with Crippen molar-refractivity contribution in [1.29, 1.82) is 0 Å². The molecule has 7 heteroatoms. The third kappa shape index (κ3) is 2.72. The fourth-order valence-electron chi connectivity index (χ4n) is 3.58. The number of hydrogen-bond acceptors (Lipinski definition) is 6. The molecule has 3 aromatic rings. The molecule has 0 bridgehead atoms. The lowest BCUT2D eigenvalue weighted by Gasteiger charge is -2.19. The second-order valence-corrected chi connectivity index (χ2v) is 7.66. The number of fused-ring (bicyclic) bond motifs is 4. The summed E-state index contributed by atoms with van der Waals surface area (Å²) in [4.78, 5) is 19.4. The van der Waals surface area contributed by atoms with Gasteiger partial charge in [0.05, 0.1) is 12.2 Å². The second kappa shape index (κ2) is 6.32. The maximum atomic E-state index is 12.6. The molecule has 0 fully saturated rings. The van der Waals surface area contributed by atoms with Crippen LogP contribution in [-0.4, -0.2) is 22.6 Å². The molecular formula is C19H19N3O3S. The van der Waals surface area contributed by atoms with Crippen molar-refractivity contribution in [3.05, 3.63) is 50.9 Å². The summed E-state index contributed by atoms with van der Waals surface area (Å²) in [7, 11) is 0. The summed E-state index contributed by atoms with van der Waals surface area (Å²) >= 11 is 1.66. The highest BCUT2D eigenvalue weighted by molar-refractivity contribution is 7.17. The van der Waals surface area contributed by atoms with Crippen molar-refractivity contribution in [2.45, 2.75) is 32.2 Å². The molecule has 2 aromatic heterocycles. The van der Waals surface area contributed by atoms with Crippen molar-refractivity contribution in [2.75, 3.05) is 18.5 Å². The lowest BCUT2D eigenvalue weighted by atomic mass is 10.0. The highest BCUT2D eigenvalue weighted by Gasteiger charge is 2.18. The predicted molar refractivity (Wildman–Crippen MR) is 101 cm³/mol. The quantitative estimate of drug-likeness (QED) is 0.769. The zero-order chi connectivity index (χ0) is 17.5. The second-order valence-electron chi connectivity index (χ2n) is 6.59. The van der Waals surface area contributed by atoms with Gasteiger partial charge in [-0.3, -0.25) is 9.20 Å². The van der Waals surface area contributed by atoms with Crippen LogP contribution < -0.4 is 20.3 Å². The van der Waals surface area contributed by atoms with Gasteiger partial charge in [0, 0.05) is 28.4 Å². The summed E-state index contributed by atoms with van der Waals surface area (Å²) < 4.78 is 12.9. The third-order valence-corrected chi connectivity index (χ3v) is 5.97. The first-order valence-electron chi connectivity index (χ1n) is 8.95. The Kier molecular flexibility index (Phi) is 3.81. The minimum atomic E-state index is 0.0216. The van der Waals surface area contributed by atoms with E-state index in [9.17, 15) is 4.79 Å². The van der Waals surface area contributed by atoms with Gasteiger partial charge in [0.2, 0.25) is 0 Å². The van der Waals surface area contributed by atoms with Gasteiger partial charge >= 0.3 is 0 Å². The smallest absolute Gasteiger partial charge is 0.259 e. The zero-order valence-corrected chi connectivity index (χ0v) is 15.1. The Morgan fingerprint density at radius 1 is 1.12 bits per heavy atom. The molecular weight excluding hydrogens is 350 g/mol. The Hall–Kier alpha value is -2.54. The van der Waals surface area contributed by atoms with Gasteiger partial charge in [-0.15, -0.1) is 11.3 Å². The molecule has 26 heavy (non-hydrogen) atoms. The Morgan fingerprint density at radius 2 is 1.96 bits per heavy atom. The van der Waals surface area contributed by atoms with Crippen LogP contribution in [0.3, 0.4) is 0 Å². The molecule has 0 amide bonds. The molecule has 1 aromatic carbocycles. The number of nitrogens with zero attached hydrogens (tertiary/aromatic N) is 2. The van der Waals surface area contributed by atoms with Crippen molar-refractivity contribution in [3.8, 4) is 11.5 Å². The fourth-order valence-corrected chi connectivity index (χ4v) is 4.81. The summed E-state index contributed by atoms with van der Waals surface area (Å²) in [5.74, 6) is 1.51. The predicted octanol–water partition coefficient (Wildman–Crippen LogP) is 3.02. The molecule has 0 radical (unpaired) electrons. The van der Waals surface area contributed by atoms with Gasteiger partial charge in [-0.1, -0.05) is 0 Å². The van der Waals surface area contributed by atoms with Crippen LogP contribution in [0.5, 0.6) is 11.5 Å². The molecule has 1 N–H and O–H groups in total. The molecule has 0 spiro atoms.